The molecule has 0 aromatic rings. The topological polar surface area (TPSA) is 38.0 Å². The molecule has 0 aromatic heterocycles. The van der Waals surface area contributed by atoms with Crippen molar-refractivity contribution in [3.8, 4) is 0 Å². The van der Waals surface area contributed by atoms with Crippen molar-refractivity contribution < 1.29 is 0 Å². The molecule has 0 aromatic carbocycles. The predicted octanol–water partition coefficient (Wildman–Crippen LogP) is 1.36. The highest BCUT2D eigenvalue weighted by Crippen LogP contribution is 2.04. The lowest BCUT2D eigenvalue weighted by molar-refractivity contribution is 0.418. The normalized spacial score (nSPS) is 13.9. The Morgan fingerprint density at radius 2 is 2.00 bits per heavy atom. The number of hydrogen-bond donors (Lipinski definition) is 2. The Hall–Kier alpha value is -0.0800. The molecule has 0 radical (unpaired) electrons. The summed E-state index contributed by atoms with van der Waals surface area (Å²) in [4.78, 5) is 0. The van der Waals surface area contributed by atoms with Crippen LogP contribution in [0.3, 0.4) is 0 Å². The van der Waals surface area contributed by atoms with Crippen molar-refractivity contribution >= 4 is 0 Å². The van der Waals surface area contributed by atoms with Crippen LogP contribution in [0, 0.1) is 5.92 Å². The maximum absolute atomic E-state index is 5.48. The predicted molar refractivity (Wildman–Crippen MR) is 50.6 cm³/mol. The standard InChI is InChI=1S/C9H22N2/c1-4-9(5-6-10)7-11-8(2)3/h8-9,11H,4-7,10H2,1-3H3. The molecule has 2 heteroatoms. The molecule has 0 aliphatic carbocycles. The van der Waals surface area contributed by atoms with Gasteiger partial charge in [-0.2, -0.15) is 0 Å². The summed E-state index contributed by atoms with van der Waals surface area (Å²) in [5, 5.41) is 3.43. The monoisotopic (exact) mass is 158 g/mol. The van der Waals surface area contributed by atoms with Gasteiger partial charge in [0.15, 0.2) is 0 Å². The molecule has 1 unspecified atom stereocenters. The van der Waals surface area contributed by atoms with E-state index in [1.54, 1.807) is 0 Å². The molecule has 0 spiro atoms. The summed E-state index contributed by atoms with van der Waals surface area (Å²) in [6, 6.07) is 0.599. The minimum Gasteiger partial charge on any atom is -0.330 e. The third-order valence-electron chi connectivity index (χ3n) is 1.97. The zero-order valence-corrected chi connectivity index (χ0v) is 8.06. The highest BCUT2D eigenvalue weighted by Gasteiger charge is 2.04. The number of rotatable bonds is 6. The smallest absolute Gasteiger partial charge is 0.00104 e. The first kappa shape index (κ1) is 10.9. The first-order valence-electron chi connectivity index (χ1n) is 4.64. The van der Waals surface area contributed by atoms with Crippen LogP contribution < -0.4 is 11.1 Å². The Morgan fingerprint density at radius 3 is 2.36 bits per heavy atom. The van der Waals surface area contributed by atoms with Crippen molar-refractivity contribution in [3.63, 3.8) is 0 Å². The molecule has 0 saturated heterocycles. The first-order chi connectivity index (χ1) is 5.20. The van der Waals surface area contributed by atoms with Crippen molar-refractivity contribution in [1.29, 1.82) is 0 Å². The van der Waals surface area contributed by atoms with Crippen LogP contribution in [0.2, 0.25) is 0 Å². The van der Waals surface area contributed by atoms with Gasteiger partial charge in [0.25, 0.3) is 0 Å². The van der Waals surface area contributed by atoms with Crippen LogP contribution in [-0.4, -0.2) is 19.1 Å². The van der Waals surface area contributed by atoms with Crippen LogP contribution in [0.1, 0.15) is 33.6 Å². The van der Waals surface area contributed by atoms with E-state index in [0.29, 0.717) is 6.04 Å². The van der Waals surface area contributed by atoms with Crippen molar-refractivity contribution in [2.45, 2.75) is 39.7 Å². The van der Waals surface area contributed by atoms with E-state index in [2.05, 4.69) is 26.1 Å². The summed E-state index contributed by atoms with van der Waals surface area (Å²) in [7, 11) is 0. The van der Waals surface area contributed by atoms with Gasteiger partial charge < -0.3 is 11.1 Å². The molecule has 0 fully saturated rings. The number of nitrogens with two attached hydrogens (primary N) is 1. The zero-order chi connectivity index (χ0) is 8.69. The van der Waals surface area contributed by atoms with E-state index >= 15 is 0 Å². The van der Waals surface area contributed by atoms with Gasteiger partial charge in [-0.1, -0.05) is 27.2 Å². The summed E-state index contributed by atoms with van der Waals surface area (Å²) < 4.78 is 0. The fraction of sp³-hybridized carbons (Fsp3) is 1.00. The van der Waals surface area contributed by atoms with E-state index in [-0.39, 0.29) is 0 Å². The van der Waals surface area contributed by atoms with E-state index in [9.17, 15) is 0 Å². The summed E-state index contributed by atoms with van der Waals surface area (Å²) in [5.41, 5.74) is 5.48. The highest BCUT2D eigenvalue weighted by atomic mass is 14.9. The maximum Gasteiger partial charge on any atom is 0.00104 e. The molecule has 3 N–H and O–H groups in total. The van der Waals surface area contributed by atoms with Gasteiger partial charge in [0, 0.05) is 6.04 Å². The molecule has 11 heavy (non-hydrogen) atoms. The van der Waals surface area contributed by atoms with E-state index in [1.807, 2.05) is 0 Å². The minimum atomic E-state index is 0.599. The average molecular weight is 158 g/mol. The molecule has 0 saturated carbocycles. The van der Waals surface area contributed by atoms with Gasteiger partial charge in [-0.25, -0.2) is 0 Å². The van der Waals surface area contributed by atoms with Crippen LogP contribution >= 0.6 is 0 Å². The van der Waals surface area contributed by atoms with Crippen molar-refractivity contribution in [1.82, 2.24) is 5.32 Å². The molecule has 68 valence electrons. The first-order valence-corrected chi connectivity index (χ1v) is 4.64. The molecular weight excluding hydrogens is 136 g/mol. The van der Waals surface area contributed by atoms with Gasteiger partial charge in [-0.3, -0.25) is 0 Å². The van der Waals surface area contributed by atoms with Gasteiger partial charge in [0.1, 0.15) is 0 Å². The lowest BCUT2D eigenvalue weighted by Gasteiger charge is -2.16. The third-order valence-corrected chi connectivity index (χ3v) is 1.97. The molecule has 1 atom stereocenters. The fourth-order valence-corrected chi connectivity index (χ4v) is 1.09. The van der Waals surface area contributed by atoms with Crippen molar-refractivity contribution in [3.05, 3.63) is 0 Å². The second kappa shape index (κ2) is 6.62. The molecule has 0 amide bonds. The van der Waals surface area contributed by atoms with Gasteiger partial charge in [-0.05, 0) is 25.4 Å². The Morgan fingerprint density at radius 1 is 1.36 bits per heavy atom. The Balaban J connectivity index is 3.35. The van der Waals surface area contributed by atoms with E-state index in [0.717, 1.165) is 25.4 Å². The molecule has 0 aliphatic rings. The van der Waals surface area contributed by atoms with Crippen LogP contribution in [0.25, 0.3) is 0 Å². The Labute approximate surface area is 70.5 Å². The van der Waals surface area contributed by atoms with Crippen LogP contribution in [0.4, 0.5) is 0 Å². The average Bonchev–Trinajstić information content (AvgIpc) is 1.97. The molecule has 0 bridgehead atoms. The minimum absolute atomic E-state index is 0.599. The maximum atomic E-state index is 5.48. The van der Waals surface area contributed by atoms with Gasteiger partial charge >= 0.3 is 0 Å². The lowest BCUT2D eigenvalue weighted by atomic mass is 10.0. The second-order valence-electron chi connectivity index (χ2n) is 3.41. The van der Waals surface area contributed by atoms with Gasteiger partial charge in [0.05, 0.1) is 0 Å². The molecular formula is C9H22N2. The zero-order valence-electron chi connectivity index (χ0n) is 8.06. The number of nitrogens with one attached hydrogen (secondary N) is 1. The summed E-state index contributed by atoms with van der Waals surface area (Å²) >= 11 is 0. The van der Waals surface area contributed by atoms with E-state index in [1.165, 1.54) is 6.42 Å². The van der Waals surface area contributed by atoms with Crippen molar-refractivity contribution in [2.75, 3.05) is 13.1 Å². The summed E-state index contributed by atoms with van der Waals surface area (Å²) in [6.07, 6.45) is 2.38. The van der Waals surface area contributed by atoms with Gasteiger partial charge in [-0.15, -0.1) is 0 Å². The van der Waals surface area contributed by atoms with Gasteiger partial charge in [0.2, 0.25) is 0 Å². The van der Waals surface area contributed by atoms with Crippen LogP contribution in [0.5, 0.6) is 0 Å². The summed E-state index contributed by atoms with van der Waals surface area (Å²) in [5.74, 6) is 0.766. The van der Waals surface area contributed by atoms with Crippen molar-refractivity contribution in [2.24, 2.45) is 11.7 Å². The Kier molecular flexibility index (Phi) is 6.57. The summed E-state index contributed by atoms with van der Waals surface area (Å²) in [6.45, 7) is 8.51. The molecule has 0 heterocycles. The van der Waals surface area contributed by atoms with Crippen LogP contribution in [0.15, 0.2) is 0 Å². The highest BCUT2D eigenvalue weighted by molar-refractivity contribution is 4.63. The van der Waals surface area contributed by atoms with Crippen LogP contribution in [-0.2, 0) is 0 Å². The Bertz CT molecular complexity index is 81.6. The molecule has 0 rings (SSSR count). The second-order valence-corrected chi connectivity index (χ2v) is 3.41. The van der Waals surface area contributed by atoms with E-state index in [4.69, 9.17) is 5.73 Å². The van der Waals surface area contributed by atoms with E-state index < -0.39 is 0 Å². The third kappa shape index (κ3) is 6.32. The fourth-order valence-electron chi connectivity index (χ4n) is 1.09. The lowest BCUT2D eigenvalue weighted by Crippen LogP contribution is -2.29. The number of hydrogen-bond acceptors (Lipinski definition) is 2. The molecule has 2 nitrogen and oxygen atoms in total. The molecule has 0 aliphatic heterocycles. The largest absolute Gasteiger partial charge is 0.330 e. The SMILES string of the molecule is CCC(CCN)CNC(C)C. The quantitative estimate of drug-likeness (QED) is 0.612.